The second-order valence-electron chi connectivity index (χ2n) is 2.52. The van der Waals surface area contributed by atoms with Gasteiger partial charge in [-0.2, -0.15) is 13.2 Å². The third-order valence-corrected chi connectivity index (χ3v) is 2.64. The largest absolute Gasteiger partial charge is 0.419 e. The van der Waals surface area contributed by atoms with Crippen molar-refractivity contribution in [3.63, 3.8) is 0 Å². The van der Waals surface area contributed by atoms with Crippen molar-refractivity contribution < 1.29 is 17.6 Å². The first-order valence-electron chi connectivity index (χ1n) is 3.48. The van der Waals surface area contributed by atoms with Crippen molar-refractivity contribution in [1.29, 1.82) is 0 Å². The van der Waals surface area contributed by atoms with Gasteiger partial charge in [-0.15, -0.1) is 11.6 Å². The number of hydrogen-bond acceptors (Lipinski definition) is 0. The van der Waals surface area contributed by atoms with E-state index in [4.69, 9.17) is 11.6 Å². The molecule has 0 aliphatic rings. The molecule has 0 amide bonds. The third kappa shape index (κ3) is 2.20. The highest BCUT2D eigenvalue weighted by atomic mass is 79.9. The SMILES string of the molecule is Fc1c(C(F)(F)F)ccc(Br)c1CCl. The molecule has 0 aliphatic carbocycles. The van der Waals surface area contributed by atoms with Gasteiger partial charge in [-0.25, -0.2) is 4.39 Å². The van der Waals surface area contributed by atoms with Crippen molar-refractivity contribution in [3.05, 3.63) is 33.5 Å². The molecule has 0 radical (unpaired) electrons. The van der Waals surface area contributed by atoms with Crippen LogP contribution in [0.15, 0.2) is 16.6 Å². The molecule has 0 fully saturated rings. The Morgan fingerprint density at radius 3 is 2.29 bits per heavy atom. The first kappa shape index (κ1) is 11.8. The van der Waals surface area contributed by atoms with Gasteiger partial charge in [0, 0.05) is 10.0 Å². The topological polar surface area (TPSA) is 0 Å². The molecular formula is C8H4BrClF4. The molecule has 6 heteroatoms. The fourth-order valence-electron chi connectivity index (χ4n) is 0.939. The average Bonchev–Trinajstić information content (AvgIpc) is 2.02. The lowest BCUT2D eigenvalue weighted by atomic mass is 10.1. The molecule has 0 heterocycles. The van der Waals surface area contributed by atoms with E-state index < -0.39 is 17.6 Å². The quantitative estimate of drug-likeness (QED) is 0.533. The second-order valence-corrected chi connectivity index (χ2v) is 3.64. The molecule has 1 aromatic rings. The first-order chi connectivity index (χ1) is 6.38. The van der Waals surface area contributed by atoms with E-state index in [2.05, 4.69) is 15.9 Å². The van der Waals surface area contributed by atoms with Gasteiger partial charge >= 0.3 is 6.18 Å². The molecule has 0 aromatic heterocycles. The summed E-state index contributed by atoms with van der Waals surface area (Å²) in [5.74, 6) is -1.63. The number of benzene rings is 1. The number of hydrogen-bond donors (Lipinski definition) is 0. The van der Waals surface area contributed by atoms with Gasteiger partial charge in [-0.05, 0) is 12.1 Å². The Balaban J connectivity index is 3.36. The van der Waals surface area contributed by atoms with Crippen LogP contribution in [0.25, 0.3) is 0 Å². The molecule has 0 aliphatic heterocycles. The zero-order valence-electron chi connectivity index (χ0n) is 6.63. The van der Waals surface area contributed by atoms with Crippen LogP contribution in [0.3, 0.4) is 0 Å². The van der Waals surface area contributed by atoms with Crippen molar-refractivity contribution in [2.45, 2.75) is 12.1 Å². The van der Waals surface area contributed by atoms with Crippen LogP contribution in [0.1, 0.15) is 11.1 Å². The fraction of sp³-hybridized carbons (Fsp3) is 0.250. The first-order valence-corrected chi connectivity index (χ1v) is 4.80. The lowest BCUT2D eigenvalue weighted by Gasteiger charge is -2.11. The summed E-state index contributed by atoms with van der Waals surface area (Å²) in [5, 5.41) is 0. The number of alkyl halides is 4. The van der Waals surface area contributed by atoms with E-state index in [0.29, 0.717) is 6.07 Å². The summed E-state index contributed by atoms with van der Waals surface area (Å²) < 4.78 is 50.0. The van der Waals surface area contributed by atoms with E-state index in [0.717, 1.165) is 6.07 Å². The Bertz CT molecular complexity index is 348. The van der Waals surface area contributed by atoms with Crippen molar-refractivity contribution in [2.75, 3.05) is 0 Å². The second kappa shape index (κ2) is 4.06. The van der Waals surface area contributed by atoms with Crippen molar-refractivity contribution in [2.24, 2.45) is 0 Å². The standard InChI is InChI=1S/C8H4BrClF4/c9-6-2-1-5(8(12,13)14)7(11)4(6)3-10/h1-2H,3H2. The van der Waals surface area contributed by atoms with Crippen molar-refractivity contribution >= 4 is 27.5 Å². The minimum atomic E-state index is -4.69. The molecule has 1 rings (SSSR count). The van der Waals surface area contributed by atoms with E-state index in [1.54, 1.807) is 0 Å². The molecule has 14 heavy (non-hydrogen) atoms. The lowest BCUT2D eigenvalue weighted by Crippen LogP contribution is -2.09. The monoisotopic (exact) mass is 290 g/mol. The van der Waals surface area contributed by atoms with Gasteiger partial charge in [0.1, 0.15) is 5.82 Å². The summed E-state index contributed by atoms with van der Waals surface area (Å²) in [6.07, 6.45) is -4.69. The highest BCUT2D eigenvalue weighted by molar-refractivity contribution is 9.10. The summed E-state index contributed by atoms with van der Waals surface area (Å²) in [4.78, 5) is 0. The van der Waals surface area contributed by atoms with E-state index in [9.17, 15) is 17.6 Å². The van der Waals surface area contributed by atoms with Crippen LogP contribution >= 0.6 is 27.5 Å². The zero-order chi connectivity index (χ0) is 10.9. The van der Waals surface area contributed by atoms with Crippen LogP contribution in [0.2, 0.25) is 0 Å². The Labute approximate surface area is 91.0 Å². The minimum Gasteiger partial charge on any atom is -0.206 e. The molecule has 0 unspecified atom stereocenters. The summed E-state index contributed by atoms with van der Waals surface area (Å²) >= 11 is 8.24. The molecule has 0 bridgehead atoms. The highest BCUT2D eigenvalue weighted by Gasteiger charge is 2.35. The van der Waals surface area contributed by atoms with Gasteiger partial charge in [0.05, 0.1) is 11.4 Å². The molecule has 0 nitrogen and oxygen atoms in total. The molecule has 0 saturated carbocycles. The smallest absolute Gasteiger partial charge is 0.206 e. The summed E-state index contributed by atoms with van der Waals surface area (Å²) in [6, 6.07) is 1.80. The van der Waals surface area contributed by atoms with Crippen LogP contribution in [-0.4, -0.2) is 0 Å². The maximum Gasteiger partial charge on any atom is 0.419 e. The molecule has 0 spiro atoms. The minimum absolute atomic E-state index is 0.179. The lowest BCUT2D eigenvalue weighted by molar-refractivity contribution is -0.140. The van der Waals surface area contributed by atoms with Crippen molar-refractivity contribution in [1.82, 2.24) is 0 Å². The highest BCUT2D eigenvalue weighted by Crippen LogP contribution is 2.35. The normalized spacial score (nSPS) is 11.9. The van der Waals surface area contributed by atoms with E-state index in [1.807, 2.05) is 0 Å². The van der Waals surface area contributed by atoms with E-state index >= 15 is 0 Å². The van der Waals surface area contributed by atoms with E-state index in [-0.39, 0.29) is 15.9 Å². The average molecular weight is 291 g/mol. The Morgan fingerprint density at radius 1 is 1.29 bits per heavy atom. The van der Waals surface area contributed by atoms with Crippen LogP contribution in [0.4, 0.5) is 17.6 Å². The molecule has 78 valence electrons. The van der Waals surface area contributed by atoms with Gasteiger partial charge in [0.25, 0.3) is 0 Å². The Morgan fingerprint density at radius 2 is 1.86 bits per heavy atom. The molecular weight excluding hydrogens is 287 g/mol. The summed E-state index contributed by atoms with van der Waals surface area (Å²) in [5.41, 5.74) is -1.47. The third-order valence-electron chi connectivity index (χ3n) is 1.63. The molecule has 0 atom stereocenters. The fourth-order valence-corrected chi connectivity index (χ4v) is 1.81. The predicted octanol–water partition coefficient (Wildman–Crippen LogP) is 4.35. The maximum absolute atomic E-state index is 13.2. The van der Waals surface area contributed by atoms with Gasteiger partial charge in [-0.3, -0.25) is 0 Å². The Hall–Kier alpha value is -0.290. The van der Waals surface area contributed by atoms with Gasteiger partial charge in [-0.1, -0.05) is 15.9 Å². The zero-order valence-corrected chi connectivity index (χ0v) is 8.97. The van der Waals surface area contributed by atoms with Crippen LogP contribution in [0, 0.1) is 5.82 Å². The van der Waals surface area contributed by atoms with Gasteiger partial charge < -0.3 is 0 Å². The van der Waals surface area contributed by atoms with Crippen LogP contribution in [0.5, 0.6) is 0 Å². The van der Waals surface area contributed by atoms with Gasteiger partial charge in [0.2, 0.25) is 0 Å². The van der Waals surface area contributed by atoms with Crippen molar-refractivity contribution in [3.8, 4) is 0 Å². The van der Waals surface area contributed by atoms with E-state index in [1.165, 1.54) is 0 Å². The number of rotatable bonds is 1. The Kier molecular flexibility index (Phi) is 3.42. The summed E-state index contributed by atoms with van der Waals surface area (Å²) in [6.45, 7) is 0. The van der Waals surface area contributed by atoms with Crippen LogP contribution < -0.4 is 0 Å². The predicted molar refractivity (Wildman–Crippen MR) is 48.7 cm³/mol. The van der Waals surface area contributed by atoms with Crippen LogP contribution in [-0.2, 0) is 12.1 Å². The maximum atomic E-state index is 13.2. The summed E-state index contributed by atoms with van der Waals surface area (Å²) in [7, 11) is 0. The number of halogens is 6. The molecule has 0 saturated heterocycles. The molecule has 1 aromatic carbocycles. The molecule has 0 N–H and O–H groups in total. The van der Waals surface area contributed by atoms with Gasteiger partial charge in [0.15, 0.2) is 0 Å².